The molecule has 3 rings (SSSR count). The number of fused-ring (bicyclic) bond motifs is 1. The van der Waals surface area contributed by atoms with Crippen LogP contribution in [-0.4, -0.2) is 9.38 Å². The van der Waals surface area contributed by atoms with Crippen molar-refractivity contribution in [2.24, 2.45) is 5.73 Å². The molecular formula is C14H15N3S. The van der Waals surface area contributed by atoms with Crippen molar-refractivity contribution in [1.82, 2.24) is 9.38 Å². The molecule has 2 N–H and O–H groups in total. The molecule has 0 saturated heterocycles. The van der Waals surface area contributed by atoms with Crippen molar-refractivity contribution in [3.8, 4) is 11.3 Å². The minimum Gasteiger partial charge on any atom is -0.324 e. The summed E-state index contributed by atoms with van der Waals surface area (Å²) in [6.45, 7) is 4.73. The molecule has 0 bridgehead atoms. The third-order valence-electron chi connectivity index (χ3n) is 3.32. The average Bonchev–Trinajstić information content (AvgIpc) is 2.93. The van der Waals surface area contributed by atoms with Crippen LogP contribution >= 0.6 is 11.3 Å². The smallest absolute Gasteiger partial charge is 0.128 e. The van der Waals surface area contributed by atoms with Gasteiger partial charge in [0.05, 0.1) is 18.4 Å². The van der Waals surface area contributed by atoms with Gasteiger partial charge in [-0.2, -0.15) is 0 Å². The molecule has 0 unspecified atom stereocenters. The highest BCUT2D eigenvalue weighted by atomic mass is 32.1. The number of thiazole rings is 1. The lowest BCUT2D eigenvalue weighted by molar-refractivity contribution is 0.911. The summed E-state index contributed by atoms with van der Waals surface area (Å²) >= 11 is 1.70. The van der Waals surface area contributed by atoms with E-state index in [1.807, 2.05) is 6.20 Å². The summed E-state index contributed by atoms with van der Waals surface area (Å²) in [6, 6.07) is 6.54. The van der Waals surface area contributed by atoms with Crippen LogP contribution in [0, 0.1) is 13.8 Å². The molecule has 0 spiro atoms. The van der Waals surface area contributed by atoms with Crippen LogP contribution in [0.25, 0.3) is 16.1 Å². The Kier molecular flexibility index (Phi) is 2.69. The predicted octanol–water partition coefficient (Wildman–Crippen LogP) is 3.14. The van der Waals surface area contributed by atoms with E-state index in [1.54, 1.807) is 11.3 Å². The predicted molar refractivity (Wildman–Crippen MR) is 75.9 cm³/mol. The Hall–Kier alpha value is -1.65. The topological polar surface area (TPSA) is 43.3 Å². The van der Waals surface area contributed by atoms with E-state index in [1.165, 1.54) is 22.4 Å². The van der Waals surface area contributed by atoms with Gasteiger partial charge in [-0.1, -0.05) is 12.1 Å². The molecular weight excluding hydrogens is 242 g/mol. The first-order valence-electron chi connectivity index (χ1n) is 5.92. The first-order chi connectivity index (χ1) is 8.70. The van der Waals surface area contributed by atoms with E-state index in [0.717, 1.165) is 10.7 Å². The third kappa shape index (κ3) is 1.65. The maximum absolute atomic E-state index is 5.74. The van der Waals surface area contributed by atoms with Crippen molar-refractivity contribution in [3.05, 3.63) is 46.7 Å². The molecule has 0 aliphatic carbocycles. The summed E-state index contributed by atoms with van der Waals surface area (Å²) < 4.78 is 2.15. The van der Waals surface area contributed by atoms with Crippen LogP contribution in [0.2, 0.25) is 0 Å². The summed E-state index contributed by atoms with van der Waals surface area (Å²) in [6.07, 6.45) is 1.89. The second-order valence-electron chi connectivity index (χ2n) is 4.47. The van der Waals surface area contributed by atoms with Crippen LogP contribution in [0.3, 0.4) is 0 Å². The largest absolute Gasteiger partial charge is 0.324 e. The number of hydrogen-bond acceptors (Lipinski definition) is 3. The minimum absolute atomic E-state index is 0.461. The normalized spacial score (nSPS) is 11.3. The molecule has 1 aromatic carbocycles. The van der Waals surface area contributed by atoms with Crippen LogP contribution in [0.5, 0.6) is 0 Å². The molecule has 4 heteroatoms. The molecule has 92 valence electrons. The summed E-state index contributed by atoms with van der Waals surface area (Å²) in [5.74, 6) is 0.916. The first-order valence-corrected chi connectivity index (χ1v) is 6.80. The van der Waals surface area contributed by atoms with Crippen LogP contribution in [0.1, 0.15) is 17.0 Å². The fraction of sp³-hybridized carbons (Fsp3) is 0.214. The molecule has 0 fully saturated rings. The molecule has 0 aliphatic rings. The van der Waals surface area contributed by atoms with Gasteiger partial charge in [0.1, 0.15) is 10.7 Å². The fourth-order valence-corrected chi connectivity index (χ4v) is 3.02. The van der Waals surface area contributed by atoms with Crippen LogP contribution in [0.15, 0.2) is 29.8 Å². The molecule has 0 saturated carbocycles. The lowest BCUT2D eigenvalue weighted by Crippen LogP contribution is -2.03. The number of nitrogens with zero attached hydrogens (tertiary/aromatic N) is 2. The fourth-order valence-electron chi connectivity index (χ4n) is 2.12. The Bertz CT molecular complexity index is 709. The summed E-state index contributed by atoms with van der Waals surface area (Å²) in [5, 5.41) is 2.17. The first kappa shape index (κ1) is 11.4. The van der Waals surface area contributed by atoms with Crippen molar-refractivity contribution in [1.29, 1.82) is 0 Å². The number of imidazole rings is 1. The SMILES string of the molecule is Cc1ccc(-c2csc3cnc(CN)n23)cc1C. The van der Waals surface area contributed by atoms with Gasteiger partial charge in [-0.3, -0.25) is 4.40 Å². The number of nitrogens with two attached hydrogens (primary N) is 1. The Morgan fingerprint density at radius 2 is 2.11 bits per heavy atom. The second-order valence-corrected chi connectivity index (χ2v) is 5.36. The minimum atomic E-state index is 0.461. The van der Waals surface area contributed by atoms with Gasteiger partial charge in [-0.15, -0.1) is 11.3 Å². The summed E-state index contributed by atoms with van der Waals surface area (Å²) in [5.41, 5.74) is 10.8. The van der Waals surface area contributed by atoms with Gasteiger partial charge in [-0.05, 0) is 36.6 Å². The van der Waals surface area contributed by atoms with Gasteiger partial charge in [0.25, 0.3) is 0 Å². The zero-order valence-corrected chi connectivity index (χ0v) is 11.3. The van der Waals surface area contributed by atoms with E-state index in [2.05, 4.69) is 46.8 Å². The van der Waals surface area contributed by atoms with Crippen LogP contribution in [-0.2, 0) is 6.54 Å². The van der Waals surface area contributed by atoms with Gasteiger partial charge in [0, 0.05) is 5.38 Å². The van der Waals surface area contributed by atoms with Crippen molar-refractivity contribution >= 4 is 16.2 Å². The van der Waals surface area contributed by atoms with Crippen molar-refractivity contribution in [2.45, 2.75) is 20.4 Å². The molecule has 18 heavy (non-hydrogen) atoms. The zero-order chi connectivity index (χ0) is 12.7. The second kappa shape index (κ2) is 4.23. The Morgan fingerprint density at radius 3 is 2.83 bits per heavy atom. The maximum Gasteiger partial charge on any atom is 0.128 e. The highest BCUT2D eigenvalue weighted by molar-refractivity contribution is 7.15. The quantitative estimate of drug-likeness (QED) is 0.766. The van der Waals surface area contributed by atoms with E-state index >= 15 is 0 Å². The van der Waals surface area contributed by atoms with Gasteiger partial charge in [0.15, 0.2) is 0 Å². The Balaban J connectivity index is 2.24. The molecule has 3 nitrogen and oxygen atoms in total. The number of aryl methyl sites for hydroxylation is 2. The average molecular weight is 257 g/mol. The Morgan fingerprint density at radius 1 is 1.28 bits per heavy atom. The highest BCUT2D eigenvalue weighted by Crippen LogP contribution is 2.28. The molecule has 0 aliphatic heterocycles. The van der Waals surface area contributed by atoms with Gasteiger partial charge in [-0.25, -0.2) is 4.98 Å². The van der Waals surface area contributed by atoms with Crippen LogP contribution in [0.4, 0.5) is 0 Å². The van der Waals surface area contributed by atoms with Gasteiger partial charge in [0.2, 0.25) is 0 Å². The molecule has 0 atom stereocenters. The zero-order valence-electron chi connectivity index (χ0n) is 10.5. The van der Waals surface area contributed by atoms with Gasteiger partial charge < -0.3 is 5.73 Å². The van der Waals surface area contributed by atoms with E-state index in [-0.39, 0.29) is 0 Å². The molecule has 0 amide bonds. The number of benzene rings is 1. The van der Waals surface area contributed by atoms with Crippen molar-refractivity contribution in [2.75, 3.05) is 0 Å². The molecule has 2 heterocycles. The van der Waals surface area contributed by atoms with E-state index in [4.69, 9.17) is 5.73 Å². The lowest BCUT2D eigenvalue weighted by atomic mass is 10.0. The van der Waals surface area contributed by atoms with Gasteiger partial charge >= 0.3 is 0 Å². The standard InChI is InChI=1S/C14H15N3S/c1-9-3-4-11(5-10(9)2)12-8-18-14-7-16-13(6-15)17(12)14/h3-5,7-8H,6,15H2,1-2H3. The number of aromatic nitrogens is 2. The molecule has 3 aromatic rings. The lowest BCUT2D eigenvalue weighted by Gasteiger charge is -2.06. The van der Waals surface area contributed by atoms with E-state index in [0.29, 0.717) is 6.54 Å². The molecule has 2 aromatic heterocycles. The number of hydrogen-bond donors (Lipinski definition) is 1. The summed E-state index contributed by atoms with van der Waals surface area (Å²) in [4.78, 5) is 5.49. The third-order valence-corrected chi connectivity index (χ3v) is 4.19. The highest BCUT2D eigenvalue weighted by Gasteiger charge is 2.11. The Labute approximate surface area is 110 Å². The van der Waals surface area contributed by atoms with Crippen LogP contribution < -0.4 is 5.73 Å². The molecule has 0 radical (unpaired) electrons. The van der Waals surface area contributed by atoms with E-state index in [9.17, 15) is 0 Å². The van der Waals surface area contributed by atoms with E-state index < -0.39 is 0 Å². The summed E-state index contributed by atoms with van der Waals surface area (Å²) in [7, 11) is 0. The maximum atomic E-state index is 5.74. The monoisotopic (exact) mass is 257 g/mol. The van der Waals surface area contributed by atoms with Crippen molar-refractivity contribution in [3.63, 3.8) is 0 Å². The van der Waals surface area contributed by atoms with Crippen molar-refractivity contribution < 1.29 is 0 Å². The number of rotatable bonds is 2.